The van der Waals surface area contributed by atoms with Gasteiger partial charge in [0.05, 0.1) is 0 Å². The lowest BCUT2D eigenvalue weighted by molar-refractivity contribution is -0.213. The summed E-state index contributed by atoms with van der Waals surface area (Å²) in [6.07, 6.45) is 16.2. The summed E-state index contributed by atoms with van der Waals surface area (Å²) in [5.74, 6) is 5.23. The van der Waals surface area contributed by atoms with Crippen LogP contribution in [0.2, 0.25) is 0 Å². The van der Waals surface area contributed by atoms with Gasteiger partial charge in [0.15, 0.2) is 0 Å². The largest absolute Gasteiger partial charge is 0.300 e. The molecule has 186 valence electrons. The molecular formula is C32H52O. The molecule has 4 saturated carbocycles. The van der Waals surface area contributed by atoms with Crippen molar-refractivity contribution in [2.45, 2.75) is 114 Å². The zero-order valence-corrected chi connectivity index (χ0v) is 23.3. The van der Waals surface area contributed by atoms with Gasteiger partial charge in [-0.25, -0.2) is 0 Å². The van der Waals surface area contributed by atoms with E-state index in [1.54, 1.807) is 0 Å². The van der Waals surface area contributed by atoms with Crippen LogP contribution in [0.25, 0.3) is 0 Å². The molecule has 5 aliphatic rings. The molecule has 0 aromatic heterocycles. The van der Waals surface area contributed by atoms with Gasteiger partial charge in [-0.05, 0) is 121 Å². The van der Waals surface area contributed by atoms with Crippen LogP contribution >= 0.6 is 0 Å². The first-order chi connectivity index (χ1) is 15.2. The molecule has 0 bridgehead atoms. The fraction of sp³-hybridized carbons (Fsp3) is 0.906. The van der Waals surface area contributed by atoms with Gasteiger partial charge in [0.1, 0.15) is 5.78 Å². The third-order valence-corrected chi connectivity index (χ3v) is 14.0. The van der Waals surface area contributed by atoms with Crippen molar-refractivity contribution in [2.75, 3.05) is 0 Å². The van der Waals surface area contributed by atoms with Gasteiger partial charge in [-0.1, -0.05) is 67.5 Å². The second kappa shape index (κ2) is 7.22. The summed E-state index contributed by atoms with van der Waals surface area (Å²) in [5, 5.41) is 0. The van der Waals surface area contributed by atoms with Crippen LogP contribution in [0.3, 0.4) is 0 Å². The Morgan fingerprint density at radius 2 is 1.48 bits per heavy atom. The Morgan fingerprint density at radius 3 is 2.15 bits per heavy atom. The number of allylic oxidation sites excluding steroid dienone is 2. The Morgan fingerprint density at radius 1 is 0.788 bits per heavy atom. The molecule has 0 heterocycles. The topological polar surface area (TPSA) is 17.1 Å². The Kier molecular flexibility index (Phi) is 5.28. The summed E-state index contributed by atoms with van der Waals surface area (Å²) < 4.78 is 0. The molecule has 0 aromatic carbocycles. The molecule has 0 saturated heterocycles. The maximum atomic E-state index is 12.6. The summed E-state index contributed by atoms with van der Waals surface area (Å²) in [7, 11) is 0. The Labute approximate surface area is 204 Å². The molecule has 0 N–H and O–H groups in total. The predicted octanol–water partition coefficient (Wildman–Crippen LogP) is 8.73. The number of carbonyl (C=O) groups excluding carboxylic acids is 1. The lowest BCUT2D eigenvalue weighted by Gasteiger charge is -2.72. The van der Waals surface area contributed by atoms with E-state index in [9.17, 15) is 4.79 Å². The van der Waals surface area contributed by atoms with Crippen LogP contribution in [0.5, 0.6) is 0 Å². The number of Topliss-reactive ketones (excluding diaryl/α,β-unsaturated/α-hetero) is 1. The van der Waals surface area contributed by atoms with Gasteiger partial charge in [0.25, 0.3) is 0 Å². The van der Waals surface area contributed by atoms with E-state index in [4.69, 9.17) is 0 Å². The van der Waals surface area contributed by atoms with Crippen molar-refractivity contribution in [3.05, 3.63) is 12.2 Å². The van der Waals surface area contributed by atoms with Gasteiger partial charge in [-0.15, -0.1) is 0 Å². The van der Waals surface area contributed by atoms with Crippen molar-refractivity contribution in [3.8, 4) is 0 Å². The van der Waals surface area contributed by atoms with E-state index < -0.39 is 0 Å². The standard InChI is InChI=1S/C32H52O/c1-20-12-15-29(6)18-19-31(8)24(27(29)21(20)2)10-11-26-30(7)16-13-23(22(3)33)28(4,5)25(30)14-17-32(26,31)9/h10-11,20-21,23-27H,12-19H2,1-9H3/t20-,21+,23-,24-,25?,26-,27+,29-,30+,31-,32-/m1/s1. The van der Waals surface area contributed by atoms with Crippen LogP contribution in [-0.4, -0.2) is 5.78 Å². The third-order valence-electron chi connectivity index (χ3n) is 14.0. The van der Waals surface area contributed by atoms with Crippen LogP contribution < -0.4 is 0 Å². The molecular weight excluding hydrogens is 400 g/mol. The van der Waals surface area contributed by atoms with Gasteiger partial charge in [0, 0.05) is 5.92 Å². The summed E-state index contributed by atoms with van der Waals surface area (Å²) in [5.41, 5.74) is 1.74. The highest BCUT2D eigenvalue weighted by Crippen LogP contribution is 2.75. The highest BCUT2D eigenvalue weighted by atomic mass is 16.1. The lowest BCUT2D eigenvalue weighted by atomic mass is 9.32. The minimum atomic E-state index is 0.115. The van der Waals surface area contributed by atoms with Gasteiger partial charge >= 0.3 is 0 Å². The lowest BCUT2D eigenvalue weighted by Crippen LogP contribution is -2.65. The maximum Gasteiger partial charge on any atom is 0.133 e. The molecule has 4 fully saturated rings. The van der Waals surface area contributed by atoms with E-state index in [2.05, 4.69) is 67.5 Å². The Balaban J connectivity index is 1.57. The fourth-order valence-corrected chi connectivity index (χ4v) is 11.7. The quantitative estimate of drug-likeness (QED) is 0.363. The molecule has 0 aromatic rings. The zero-order valence-electron chi connectivity index (χ0n) is 23.3. The highest BCUT2D eigenvalue weighted by molar-refractivity contribution is 5.79. The first-order valence-corrected chi connectivity index (χ1v) is 14.4. The Bertz CT molecular complexity index is 853. The molecule has 0 radical (unpaired) electrons. The first kappa shape index (κ1) is 24.1. The smallest absolute Gasteiger partial charge is 0.133 e. The first-order valence-electron chi connectivity index (χ1n) is 14.4. The zero-order chi connectivity index (χ0) is 24.2. The van der Waals surface area contributed by atoms with E-state index in [1.807, 2.05) is 6.92 Å². The second-order valence-corrected chi connectivity index (χ2v) is 15.4. The molecule has 11 atom stereocenters. The average Bonchev–Trinajstić information content (AvgIpc) is 2.71. The molecule has 0 spiro atoms. The van der Waals surface area contributed by atoms with Crippen molar-refractivity contribution in [2.24, 2.45) is 68.5 Å². The van der Waals surface area contributed by atoms with Crippen LogP contribution in [0.1, 0.15) is 114 Å². The van der Waals surface area contributed by atoms with Crippen molar-refractivity contribution >= 4 is 5.78 Å². The van der Waals surface area contributed by atoms with Crippen molar-refractivity contribution in [1.29, 1.82) is 0 Å². The molecule has 0 amide bonds. The number of hydrogen-bond acceptors (Lipinski definition) is 1. The summed E-state index contributed by atoms with van der Waals surface area (Å²) in [6.45, 7) is 22.5. The summed E-state index contributed by atoms with van der Waals surface area (Å²) >= 11 is 0. The van der Waals surface area contributed by atoms with Crippen molar-refractivity contribution in [3.63, 3.8) is 0 Å². The Hall–Kier alpha value is -0.590. The molecule has 1 heteroatoms. The molecule has 1 nitrogen and oxygen atoms in total. The number of rotatable bonds is 1. The van der Waals surface area contributed by atoms with E-state index in [0.29, 0.717) is 39.3 Å². The highest BCUT2D eigenvalue weighted by Gasteiger charge is 2.68. The SMILES string of the molecule is CC(=O)[C@H]1CC[C@@]2(C)C(CC[C@]3(C)[C@@H]2C=C[C@@H]2[C@@H]4[C@@H](C)[C@H](C)CC[C@]4(C)CC[C@]23C)C1(C)C. The summed E-state index contributed by atoms with van der Waals surface area (Å²) in [4.78, 5) is 12.6. The predicted molar refractivity (Wildman–Crippen MR) is 139 cm³/mol. The van der Waals surface area contributed by atoms with Crippen molar-refractivity contribution < 1.29 is 4.79 Å². The van der Waals surface area contributed by atoms with Gasteiger partial charge in [0.2, 0.25) is 0 Å². The van der Waals surface area contributed by atoms with E-state index >= 15 is 0 Å². The maximum absolute atomic E-state index is 12.6. The van der Waals surface area contributed by atoms with Crippen LogP contribution in [0, 0.1) is 68.5 Å². The molecule has 5 aliphatic carbocycles. The summed E-state index contributed by atoms with van der Waals surface area (Å²) in [6, 6.07) is 0. The molecule has 5 rings (SSSR count). The van der Waals surface area contributed by atoms with E-state index in [1.165, 1.54) is 44.9 Å². The number of hydrogen-bond donors (Lipinski definition) is 0. The van der Waals surface area contributed by atoms with E-state index in [0.717, 1.165) is 30.1 Å². The number of carbonyl (C=O) groups is 1. The number of ketones is 1. The van der Waals surface area contributed by atoms with Crippen molar-refractivity contribution in [1.82, 2.24) is 0 Å². The second-order valence-electron chi connectivity index (χ2n) is 15.4. The third kappa shape index (κ3) is 2.92. The monoisotopic (exact) mass is 452 g/mol. The molecule has 1 unspecified atom stereocenters. The minimum absolute atomic E-state index is 0.115. The van der Waals surface area contributed by atoms with Gasteiger partial charge < -0.3 is 0 Å². The normalized spacial score (nSPS) is 57.3. The fourth-order valence-electron chi connectivity index (χ4n) is 11.7. The van der Waals surface area contributed by atoms with Crippen LogP contribution in [-0.2, 0) is 4.79 Å². The molecule has 0 aliphatic heterocycles. The van der Waals surface area contributed by atoms with Crippen LogP contribution in [0.4, 0.5) is 0 Å². The van der Waals surface area contributed by atoms with E-state index in [-0.39, 0.29) is 11.3 Å². The molecule has 33 heavy (non-hydrogen) atoms. The number of fused-ring (bicyclic) bond motifs is 7. The average molecular weight is 453 g/mol. The van der Waals surface area contributed by atoms with Gasteiger partial charge in [-0.3, -0.25) is 4.79 Å². The van der Waals surface area contributed by atoms with Gasteiger partial charge in [-0.2, -0.15) is 0 Å². The minimum Gasteiger partial charge on any atom is -0.300 e. The van der Waals surface area contributed by atoms with Crippen LogP contribution in [0.15, 0.2) is 12.2 Å².